The smallest absolute Gasteiger partial charge is 0.261 e. The summed E-state index contributed by atoms with van der Waals surface area (Å²) in [6, 6.07) is 19.8. The normalized spacial score (nSPS) is 11.3. The van der Waals surface area contributed by atoms with E-state index in [9.17, 15) is 8.42 Å². The maximum Gasteiger partial charge on any atom is 0.261 e. The summed E-state index contributed by atoms with van der Waals surface area (Å²) >= 11 is 11.4. The molecule has 150 valence electrons. The molecule has 0 spiro atoms. The van der Waals surface area contributed by atoms with Gasteiger partial charge in [0.2, 0.25) is 0 Å². The Morgan fingerprint density at radius 1 is 0.862 bits per heavy atom. The molecule has 0 atom stereocenters. The lowest BCUT2D eigenvalue weighted by atomic mass is 10.0. The molecule has 0 aromatic heterocycles. The van der Waals surface area contributed by atoms with Crippen LogP contribution in [-0.2, 0) is 22.9 Å². The van der Waals surface area contributed by atoms with Crippen molar-refractivity contribution in [2.45, 2.75) is 31.6 Å². The lowest BCUT2D eigenvalue weighted by Crippen LogP contribution is -2.13. The van der Waals surface area contributed by atoms with Gasteiger partial charge in [0.05, 0.1) is 4.90 Å². The average molecular weight is 444 g/mol. The molecular weight excluding hydrogens is 422 g/mol. The summed E-state index contributed by atoms with van der Waals surface area (Å²) in [6.07, 6.45) is 1.36. The second-order valence-electron chi connectivity index (χ2n) is 7.14. The summed E-state index contributed by atoms with van der Waals surface area (Å²) in [5, 5.41) is 0.550. The zero-order valence-corrected chi connectivity index (χ0v) is 18.7. The molecule has 0 bridgehead atoms. The van der Waals surface area contributed by atoms with Crippen molar-refractivity contribution in [3.8, 4) is 0 Å². The highest BCUT2D eigenvalue weighted by molar-refractivity contribution is 7.92. The summed E-state index contributed by atoms with van der Waals surface area (Å²) in [6.45, 7) is 4.16. The van der Waals surface area contributed by atoms with Crippen molar-refractivity contribution in [3.63, 3.8) is 0 Å². The zero-order valence-electron chi connectivity index (χ0n) is 16.3. The SMILES string of the molecule is Cc1cc(C)cc(CC(=S)Cc2ccc(S(=O)(=O)Nc3ccc(Cl)cc3)cc2)c1. The number of thiocarbonyl (C=S) groups is 1. The fourth-order valence-electron chi connectivity index (χ4n) is 3.21. The highest BCUT2D eigenvalue weighted by Crippen LogP contribution is 2.19. The molecule has 0 heterocycles. The largest absolute Gasteiger partial charge is 0.280 e. The van der Waals surface area contributed by atoms with E-state index in [0.717, 1.165) is 16.8 Å². The number of hydrogen-bond donors (Lipinski definition) is 1. The molecule has 0 fully saturated rings. The van der Waals surface area contributed by atoms with Crippen LogP contribution in [0.25, 0.3) is 0 Å². The van der Waals surface area contributed by atoms with Crippen LogP contribution < -0.4 is 4.72 Å². The van der Waals surface area contributed by atoms with Gasteiger partial charge >= 0.3 is 0 Å². The van der Waals surface area contributed by atoms with Gasteiger partial charge in [0.1, 0.15) is 0 Å². The van der Waals surface area contributed by atoms with E-state index in [1.54, 1.807) is 36.4 Å². The van der Waals surface area contributed by atoms with E-state index in [1.165, 1.54) is 16.7 Å². The molecular formula is C23H22ClNO2S2. The fraction of sp³-hybridized carbons (Fsp3) is 0.174. The van der Waals surface area contributed by atoms with Gasteiger partial charge in [0, 0.05) is 28.4 Å². The molecule has 3 rings (SSSR count). The van der Waals surface area contributed by atoms with Gasteiger partial charge in [-0.25, -0.2) is 8.42 Å². The summed E-state index contributed by atoms with van der Waals surface area (Å²) < 4.78 is 27.7. The minimum absolute atomic E-state index is 0.205. The van der Waals surface area contributed by atoms with Gasteiger partial charge in [-0.2, -0.15) is 0 Å². The van der Waals surface area contributed by atoms with Crippen LogP contribution in [0.4, 0.5) is 5.69 Å². The Morgan fingerprint density at radius 2 is 1.41 bits per heavy atom. The number of rotatable bonds is 7. The molecule has 3 nitrogen and oxygen atoms in total. The van der Waals surface area contributed by atoms with E-state index in [-0.39, 0.29) is 4.90 Å². The molecule has 0 aliphatic rings. The number of anilines is 1. The molecule has 0 radical (unpaired) electrons. The van der Waals surface area contributed by atoms with Crippen LogP contribution in [0.2, 0.25) is 5.02 Å². The quantitative estimate of drug-likeness (QED) is 0.461. The predicted molar refractivity (Wildman–Crippen MR) is 125 cm³/mol. The van der Waals surface area contributed by atoms with Crippen molar-refractivity contribution in [1.29, 1.82) is 0 Å². The van der Waals surface area contributed by atoms with Crippen molar-refractivity contribution in [2.75, 3.05) is 4.72 Å². The van der Waals surface area contributed by atoms with Crippen molar-refractivity contribution >= 4 is 44.4 Å². The third kappa shape index (κ3) is 6.13. The molecule has 0 aliphatic carbocycles. The van der Waals surface area contributed by atoms with Crippen molar-refractivity contribution in [2.24, 2.45) is 0 Å². The molecule has 29 heavy (non-hydrogen) atoms. The predicted octanol–water partition coefficient (Wildman–Crippen LogP) is 5.91. The molecule has 0 unspecified atom stereocenters. The van der Waals surface area contributed by atoms with Crippen molar-refractivity contribution in [3.05, 3.63) is 94.0 Å². The Bertz CT molecular complexity index is 1100. The summed E-state index contributed by atoms with van der Waals surface area (Å²) in [5.41, 5.74) is 5.12. The third-order valence-corrected chi connectivity index (χ3v) is 6.35. The van der Waals surface area contributed by atoms with E-state index in [1.807, 2.05) is 12.1 Å². The van der Waals surface area contributed by atoms with Gasteiger partial charge in [-0.15, -0.1) is 0 Å². The first-order chi connectivity index (χ1) is 13.7. The Balaban J connectivity index is 1.66. The second kappa shape index (κ2) is 9.08. The minimum Gasteiger partial charge on any atom is -0.280 e. The third-order valence-electron chi connectivity index (χ3n) is 4.41. The highest BCUT2D eigenvalue weighted by atomic mass is 35.5. The fourth-order valence-corrected chi connectivity index (χ4v) is 4.73. The summed E-state index contributed by atoms with van der Waals surface area (Å²) in [7, 11) is -3.66. The average Bonchev–Trinajstić information content (AvgIpc) is 2.63. The minimum atomic E-state index is -3.66. The topological polar surface area (TPSA) is 46.2 Å². The lowest BCUT2D eigenvalue weighted by Gasteiger charge is -2.10. The number of sulfonamides is 1. The Labute approximate surface area is 182 Å². The molecule has 0 aliphatic heterocycles. The first kappa shape index (κ1) is 21.5. The van der Waals surface area contributed by atoms with Crippen molar-refractivity contribution < 1.29 is 8.42 Å². The number of halogens is 1. The van der Waals surface area contributed by atoms with Gasteiger partial charge in [0.15, 0.2) is 0 Å². The van der Waals surface area contributed by atoms with Crippen LogP contribution in [0.15, 0.2) is 71.6 Å². The first-order valence-corrected chi connectivity index (χ1v) is 11.4. The van der Waals surface area contributed by atoms with E-state index in [2.05, 4.69) is 36.8 Å². The van der Waals surface area contributed by atoms with Crippen LogP contribution in [0.1, 0.15) is 22.3 Å². The lowest BCUT2D eigenvalue weighted by molar-refractivity contribution is 0.601. The van der Waals surface area contributed by atoms with Crippen LogP contribution >= 0.6 is 23.8 Å². The van der Waals surface area contributed by atoms with Crippen LogP contribution in [-0.4, -0.2) is 13.3 Å². The van der Waals surface area contributed by atoms with Crippen LogP contribution in [0.3, 0.4) is 0 Å². The summed E-state index contributed by atoms with van der Waals surface area (Å²) in [5.74, 6) is 0. The second-order valence-corrected chi connectivity index (χ2v) is 9.84. The molecule has 0 saturated carbocycles. The molecule has 1 N–H and O–H groups in total. The Hall–Kier alpha value is -2.21. The molecule has 0 saturated heterocycles. The van der Waals surface area contributed by atoms with Gasteiger partial charge in [0.25, 0.3) is 10.0 Å². The van der Waals surface area contributed by atoms with Gasteiger partial charge in [-0.1, -0.05) is 65.3 Å². The van der Waals surface area contributed by atoms with Crippen molar-refractivity contribution in [1.82, 2.24) is 0 Å². The summed E-state index contributed by atoms with van der Waals surface area (Å²) in [4.78, 5) is 1.13. The van der Waals surface area contributed by atoms with Gasteiger partial charge in [-0.05, 0) is 61.4 Å². The maximum absolute atomic E-state index is 12.6. The molecule has 6 heteroatoms. The number of hydrogen-bond acceptors (Lipinski definition) is 3. The van der Waals surface area contributed by atoms with E-state index >= 15 is 0 Å². The molecule has 0 amide bonds. The molecule has 3 aromatic carbocycles. The standard InChI is InChI=1S/C23H22ClNO2S2/c1-16-11-17(2)13-19(12-16)15-22(28)14-18-3-9-23(10-4-18)29(26,27)25-21-7-5-20(24)6-8-21/h3-13,25H,14-15H2,1-2H3. The number of benzene rings is 3. The highest BCUT2D eigenvalue weighted by Gasteiger charge is 2.14. The maximum atomic E-state index is 12.6. The first-order valence-electron chi connectivity index (χ1n) is 9.17. The van der Waals surface area contributed by atoms with E-state index in [4.69, 9.17) is 23.8 Å². The van der Waals surface area contributed by atoms with Gasteiger partial charge in [-0.3, -0.25) is 4.72 Å². The number of aryl methyl sites for hydroxylation is 2. The number of nitrogens with one attached hydrogen (secondary N) is 1. The molecule has 3 aromatic rings. The Kier molecular flexibility index (Phi) is 6.73. The zero-order chi connectivity index (χ0) is 21.0. The van der Waals surface area contributed by atoms with Gasteiger partial charge < -0.3 is 0 Å². The van der Waals surface area contributed by atoms with Crippen LogP contribution in [0, 0.1) is 13.8 Å². The van der Waals surface area contributed by atoms with E-state index in [0.29, 0.717) is 17.1 Å². The van der Waals surface area contributed by atoms with Crippen LogP contribution in [0.5, 0.6) is 0 Å². The Morgan fingerprint density at radius 3 is 2.00 bits per heavy atom. The monoisotopic (exact) mass is 443 g/mol. The van der Waals surface area contributed by atoms with E-state index < -0.39 is 10.0 Å².